The molecule has 0 radical (unpaired) electrons. The third-order valence-electron chi connectivity index (χ3n) is 6.10. The molecule has 0 spiro atoms. The van der Waals surface area contributed by atoms with Crippen LogP contribution in [0.3, 0.4) is 0 Å². The average molecular weight is 450 g/mol. The molecular weight excluding hydrogens is 422 g/mol. The maximum atomic E-state index is 12.9. The van der Waals surface area contributed by atoms with Gasteiger partial charge in [-0.05, 0) is 49.6 Å². The van der Waals surface area contributed by atoms with Crippen molar-refractivity contribution in [2.24, 2.45) is 0 Å². The molecule has 4 heterocycles. The fourth-order valence-electron chi connectivity index (χ4n) is 4.31. The number of methoxy groups -OCH3 is 1. The number of hydrogen-bond acceptors (Lipinski definition) is 9. The fourth-order valence-corrected chi connectivity index (χ4v) is 4.31. The van der Waals surface area contributed by atoms with Gasteiger partial charge in [-0.25, -0.2) is 15.8 Å². The van der Waals surface area contributed by atoms with E-state index in [1.54, 1.807) is 20.2 Å². The molecule has 5 rings (SSSR count). The van der Waals surface area contributed by atoms with Crippen LogP contribution in [0.15, 0.2) is 47.1 Å². The molecule has 3 unspecified atom stereocenters. The van der Waals surface area contributed by atoms with Crippen LogP contribution >= 0.6 is 0 Å². The van der Waals surface area contributed by atoms with Gasteiger partial charge in [-0.1, -0.05) is 17.3 Å². The Morgan fingerprint density at radius 3 is 2.94 bits per heavy atom. The predicted molar refractivity (Wildman–Crippen MR) is 121 cm³/mol. The van der Waals surface area contributed by atoms with Crippen LogP contribution < -0.4 is 25.8 Å². The molecule has 2 aliphatic rings. The number of benzene rings is 1. The van der Waals surface area contributed by atoms with Crippen LogP contribution in [0.25, 0.3) is 11.5 Å². The number of nitrogens with zero attached hydrogens (tertiary/aromatic N) is 4. The molecule has 3 N–H and O–H groups in total. The zero-order valence-corrected chi connectivity index (χ0v) is 18.6. The zero-order chi connectivity index (χ0) is 22.8. The minimum absolute atomic E-state index is 0.00909. The lowest BCUT2D eigenvalue weighted by Gasteiger charge is -2.19. The fraction of sp³-hybridized carbons (Fsp3) is 0.391. The van der Waals surface area contributed by atoms with E-state index < -0.39 is 0 Å². The van der Waals surface area contributed by atoms with Gasteiger partial charge < -0.3 is 19.5 Å². The van der Waals surface area contributed by atoms with Crippen LogP contribution in [0.1, 0.15) is 30.3 Å². The highest BCUT2D eigenvalue weighted by molar-refractivity contribution is 5.82. The van der Waals surface area contributed by atoms with Crippen molar-refractivity contribution < 1.29 is 14.1 Å². The molecule has 0 bridgehead atoms. The number of nitrogens with one attached hydrogen (secondary N) is 3. The summed E-state index contributed by atoms with van der Waals surface area (Å²) in [4.78, 5) is 23.8. The highest BCUT2D eigenvalue weighted by atomic mass is 16.5. The van der Waals surface area contributed by atoms with E-state index >= 15 is 0 Å². The Hall–Kier alpha value is -3.50. The standard InChI is InChI=1S/C23H27N7O3/c1-14-25-23(33-29-14)16-6-7-21(24-12-16)30-9-8-17(13-30)26-22(31)20-11-19(27-28-20)15-4-3-5-18(10-15)32-2/h3-7,10,12,17,19-20,27-28H,8-9,11,13H2,1-2H3,(H,26,31). The normalized spacial score (nSPS) is 22.5. The van der Waals surface area contributed by atoms with E-state index in [1.165, 1.54) is 0 Å². The van der Waals surface area contributed by atoms with Crippen LogP contribution in [0.4, 0.5) is 5.82 Å². The van der Waals surface area contributed by atoms with Gasteiger partial charge >= 0.3 is 0 Å². The summed E-state index contributed by atoms with van der Waals surface area (Å²) in [5, 5.41) is 7.00. The minimum Gasteiger partial charge on any atom is -0.497 e. The van der Waals surface area contributed by atoms with Crippen LogP contribution in [-0.2, 0) is 4.79 Å². The second-order valence-corrected chi connectivity index (χ2v) is 8.40. The highest BCUT2D eigenvalue weighted by Crippen LogP contribution is 2.26. The van der Waals surface area contributed by atoms with Crippen molar-refractivity contribution >= 4 is 11.7 Å². The number of ether oxygens (including phenoxy) is 1. The van der Waals surface area contributed by atoms with Gasteiger partial charge in [-0.15, -0.1) is 0 Å². The van der Waals surface area contributed by atoms with Crippen molar-refractivity contribution in [1.29, 1.82) is 0 Å². The quantitative estimate of drug-likeness (QED) is 0.517. The Morgan fingerprint density at radius 1 is 1.27 bits per heavy atom. The summed E-state index contributed by atoms with van der Waals surface area (Å²) in [6.45, 7) is 3.33. The van der Waals surface area contributed by atoms with Gasteiger partial charge in [-0.2, -0.15) is 4.98 Å². The summed E-state index contributed by atoms with van der Waals surface area (Å²) in [7, 11) is 1.65. The maximum Gasteiger partial charge on any atom is 0.259 e. The number of hydrogen-bond donors (Lipinski definition) is 3. The molecule has 1 aromatic carbocycles. The van der Waals surface area contributed by atoms with E-state index in [0.29, 0.717) is 18.1 Å². The van der Waals surface area contributed by atoms with Gasteiger partial charge in [0.15, 0.2) is 5.82 Å². The average Bonchev–Trinajstić information content (AvgIpc) is 3.60. The van der Waals surface area contributed by atoms with Crippen LogP contribution in [0.5, 0.6) is 5.75 Å². The largest absolute Gasteiger partial charge is 0.497 e. The van der Waals surface area contributed by atoms with Crippen LogP contribution in [-0.4, -0.2) is 53.3 Å². The number of amides is 1. The summed E-state index contributed by atoms with van der Waals surface area (Å²) in [5.74, 6) is 2.74. The number of carbonyl (C=O) groups is 1. The SMILES string of the molecule is COc1cccc(C2CC(C(=O)NC3CCN(c4ccc(-c5nc(C)no5)cn4)C3)NN2)c1. The van der Waals surface area contributed by atoms with E-state index in [9.17, 15) is 4.79 Å². The first-order valence-electron chi connectivity index (χ1n) is 11.1. The highest BCUT2D eigenvalue weighted by Gasteiger charge is 2.33. The van der Waals surface area contributed by atoms with E-state index in [-0.39, 0.29) is 24.0 Å². The Balaban J connectivity index is 1.14. The number of anilines is 1. The van der Waals surface area contributed by atoms with Crippen LogP contribution in [0, 0.1) is 6.92 Å². The first kappa shape index (κ1) is 21.4. The van der Waals surface area contributed by atoms with Gasteiger partial charge in [-0.3, -0.25) is 4.79 Å². The van der Waals surface area contributed by atoms with Crippen LogP contribution in [0.2, 0.25) is 0 Å². The molecule has 2 fully saturated rings. The Morgan fingerprint density at radius 2 is 2.18 bits per heavy atom. The summed E-state index contributed by atoms with van der Waals surface area (Å²) >= 11 is 0. The molecule has 0 aliphatic carbocycles. The summed E-state index contributed by atoms with van der Waals surface area (Å²) in [5.41, 5.74) is 8.24. The van der Waals surface area contributed by atoms with Crippen molar-refractivity contribution in [3.63, 3.8) is 0 Å². The summed E-state index contributed by atoms with van der Waals surface area (Å²) < 4.78 is 10.5. The van der Waals surface area contributed by atoms with E-state index in [4.69, 9.17) is 9.26 Å². The molecule has 1 amide bonds. The first-order valence-corrected chi connectivity index (χ1v) is 11.1. The van der Waals surface area contributed by atoms with E-state index in [0.717, 1.165) is 42.2 Å². The van der Waals surface area contributed by atoms with E-state index in [2.05, 4.69) is 36.2 Å². The second-order valence-electron chi connectivity index (χ2n) is 8.40. The number of carbonyl (C=O) groups excluding carboxylic acids is 1. The van der Waals surface area contributed by atoms with Crippen molar-refractivity contribution in [3.8, 4) is 17.2 Å². The topological polar surface area (TPSA) is 117 Å². The lowest BCUT2D eigenvalue weighted by Crippen LogP contribution is -2.47. The monoisotopic (exact) mass is 449 g/mol. The first-order chi connectivity index (χ1) is 16.1. The molecular formula is C23H27N7O3. The molecule has 10 nitrogen and oxygen atoms in total. The summed E-state index contributed by atoms with van der Waals surface area (Å²) in [6, 6.07) is 11.6. The van der Waals surface area contributed by atoms with Gasteiger partial charge in [0, 0.05) is 31.4 Å². The van der Waals surface area contributed by atoms with Gasteiger partial charge in [0.25, 0.3) is 5.89 Å². The molecule has 172 valence electrons. The molecule has 33 heavy (non-hydrogen) atoms. The molecule has 0 saturated carbocycles. The third-order valence-corrected chi connectivity index (χ3v) is 6.10. The van der Waals surface area contributed by atoms with Crippen molar-refractivity contribution in [2.75, 3.05) is 25.1 Å². The number of hydrazine groups is 1. The van der Waals surface area contributed by atoms with Gasteiger partial charge in [0.1, 0.15) is 17.6 Å². The third kappa shape index (κ3) is 4.67. The number of pyridine rings is 1. The molecule has 2 saturated heterocycles. The predicted octanol–water partition coefficient (Wildman–Crippen LogP) is 1.75. The summed E-state index contributed by atoms with van der Waals surface area (Å²) in [6.07, 6.45) is 3.28. The molecule has 3 atom stereocenters. The second kappa shape index (κ2) is 9.16. The molecule has 2 aromatic heterocycles. The molecule has 3 aromatic rings. The lowest BCUT2D eigenvalue weighted by molar-refractivity contribution is -0.123. The number of aromatic nitrogens is 3. The van der Waals surface area contributed by atoms with Crippen molar-refractivity contribution in [2.45, 2.75) is 37.9 Å². The van der Waals surface area contributed by atoms with Gasteiger partial charge in [0.2, 0.25) is 5.91 Å². The lowest BCUT2D eigenvalue weighted by atomic mass is 10.0. The Bertz CT molecular complexity index is 1120. The smallest absolute Gasteiger partial charge is 0.259 e. The number of aryl methyl sites for hydroxylation is 1. The molecule has 2 aliphatic heterocycles. The zero-order valence-electron chi connectivity index (χ0n) is 18.6. The van der Waals surface area contributed by atoms with Crippen molar-refractivity contribution in [3.05, 3.63) is 54.0 Å². The van der Waals surface area contributed by atoms with Crippen molar-refractivity contribution in [1.82, 2.24) is 31.3 Å². The number of rotatable bonds is 6. The minimum atomic E-state index is -0.287. The van der Waals surface area contributed by atoms with Gasteiger partial charge in [0.05, 0.1) is 12.7 Å². The molecule has 10 heteroatoms. The van der Waals surface area contributed by atoms with E-state index in [1.807, 2.05) is 36.4 Å². The maximum absolute atomic E-state index is 12.9. The Labute approximate surface area is 191 Å². The Kier molecular flexibility index (Phi) is 5.93.